The molecule has 130 valence electrons. The third-order valence-electron chi connectivity index (χ3n) is 3.88. The Morgan fingerprint density at radius 2 is 1.12 bits per heavy atom. The van der Waals surface area contributed by atoms with Gasteiger partial charge in [0.25, 0.3) is 0 Å². The fourth-order valence-electron chi connectivity index (χ4n) is 2.02. The van der Waals surface area contributed by atoms with Crippen LogP contribution in [0.3, 0.4) is 0 Å². The largest absolute Gasteiger partial charge is 0.508 e. The maximum atomic E-state index is 9.30. The van der Waals surface area contributed by atoms with Gasteiger partial charge in [0.15, 0.2) is 0 Å². The first-order valence-corrected chi connectivity index (χ1v) is 8.18. The summed E-state index contributed by atoms with van der Waals surface area (Å²) >= 11 is 0. The lowest BCUT2D eigenvalue weighted by Gasteiger charge is -2.26. The SMILES string of the molecule is C1CO1.CC(C)(c1ccc(O)cc1)c1ccc(O)cc1.CC1CO1. The summed E-state index contributed by atoms with van der Waals surface area (Å²) in [4.78, 5) is 0. The van der Waals surface area contributed by atoms with E-state index in [-0.39, 0.29) is 16.9 Å². The Morgan fingerprint density at radius 1 is 0.833 bits per heavy atom. The lowest BCUT2D eigenvalue weighted by molar-refractivity contribution is 0.423. The molecule has 2 saturated heterocycles. The van der Waals surface area contributed by atoms with E-state index < -0.39 is 0 Å². The van der Waals surface area contributed by atoms with Gasteiger partial charge in [0.2, 0.25) is 0 Å². The zero-order valence-corrected chi connectivity index (χ0v) is 14.5. The molecule has 0 spiro atoms. The van der Waals surface area contributed by atoms with Crippen molar-refractivity contribution in [1.82, 2.24) is 0 Å². The van der Waals surface area contributed by atoms with Crippen LogP contribution >= 0.6 is 0 Å². The van der Waals surface area contributed by atoms with Crippen LogP contribution in [-0.4, -0.2) is 36.1 Å². The van der Waals surface area contributed by atoms with Gasteiger partial charge in [-0.1, -0.05) is 38.1 Å². The standard InChI is InChI=1S/C15H16O2.C3H6O.C2H4O/c1-15(2,11-3-7-13(16)8-4-11)12-5-9-14(17)10-6-12;1-3-2-4-3;1-2-3-1/h3-10,16-17H,1-2H3;3H,2H2,1H3;1-2H2. The number of phenols is 2. The van der Waals surface area contributed by atoms with Gasteiger partial charge in [-0.05, 0) is 42.3 Å². The Bertz CT molecular complexity index is 561. The second-order valence-corrected chi connectivity index (χ2v) is 6.48. The van der Waals surface area contributed by atoms with Gasteiger partial charge < -0.3 is 19.7 Å². The third-order valence-corrected chi connectivity index (χ3v) is 3.88. The van der Waals surface area contributed by atoms with Crippen LogP contribution in [0, 0.1) is 0 Å². The van der Waals surface area contributed by atoms with Gasteiger partial charge in [-0.15, -0.1) is 0 Å². The van der Waals surface area contributed by atoms with E-state index in [1.807, 2.05) is 24.3 Å². The summed E-state index contributed by atoms with van der Waals surface area (Å²) in [6.07, 6.45) is 0.583. The van der Waals surface area contributed by atoms with Crippen molar-refractivity contribution >= 4 is 0 Å². The molecule has 0 saturated carbocycles. The summed E-state index contributed by atoms with van der Waals surface area (Å²) in [5, 5.41) is 18.6. The third kappa shape index (κ3) is 6.22. The van der Waals surface area contributed by atoms with E-state index in [0.29, 0.717) is 6.10 Å². The van der Waals surface area contributed by atoms with E-state index in [1.54, 1.807) is 24.3 Å². The lowest BCUT2D eigenvalue weighted by Crippen LogP contribution is -2.18. The van der Waals surface area contributed by atoms with Crippen LogP contribution in [-0.2, 0) is 14.9 Å². The van der Waals surface area contributed by atoms with Crippen molar-refractivity contribution in [3.05, 3.63) is 59.7 Å². The second-order valence-electron chi connectivity index (χ2n) is 6.48. The molecule has 0 radical (unpaired) electrons. The summed E-state index contributed by atoms with van der Waals surface area (Å²) in [5.74, 6) is 0.547. The van der Waals surface area contributed by atoms with Crippen LogP contribution < -0.4 is 0 Å². The predicted molar refractivity (Wildman–Crippen MR) is 94.6 cm³/mol. The molecule has 4 heteroatoms. The van der Waals surface area contributed by atoms with E-state index in [2.05, 4.69) is 25.5 Å². The van der Waals surface area contributed by atoms with Crippen molar-refractivity contribution in [3.63, 3.8) is 0 Å². The van der Waals surface area contributed by atoms with Crippen molar-refractivity contribution in [2.75, 3.05) is 19.8 Å². The Labute approximate surface area is 143 Å². The quantitative estimate of drug-likeness (QED) is 0.821. The van der Waals surface area contributed by atoms with E-state index in [1.165, 1.54) is 0 Å². The highest BCUT2D eigenvalue weighted by Crippen LogP contribution is 2.32. The average Bonchev–Trinajstić information content (AvgIpc) is 3.44. The molecule has 2 aliphatic rings. The van der Waals surface area contributed by atoms with Crippen LogP contribution in [0.4, 0.5) is 0 Å². The zero-order valence-electron chi connectivity index (χ0n) is 14.5. The number of hydrogen-bond donors (Lipinski definition) is 2. The smallest absolute Gasteiger partial charge is 0.115 e. The molecule has 1 atom stereocenters. The number of phenolic OH excluding ortho intramolecular Hbond substituents is 2. The minimum absolute atomic E-state index is 0.151. The molecular weight excluding hydrogens is 304 g/mol. The molecule has 2 N–H and O–H groups in total. The molecule has 4 rings (SSSR count). The molecule has 0 aromatic heterocycles. The molecule has 0 aliphatic carbocycles. The number of epoxide rings is 2. The highest BCUT2D eigenvalue weighted by Gasteiger charge is 2.22. The summed E-state index contributed by atoms with van der Waals surface area (Å²) in [5.41, 5.74) is 2.10. The molecule has 0 amide bonds. The molecule has 2 aliphatic heterocycles. The van der Waals surface area contributed by atoms with Crippen molar-refractivity contribution in [2.45, 2.75) is 32.3 Å². The van der Waals surface area contributed by atoms with Gasteiger partial charge in [0, 0.05) is 5.41 Å². The monoisotopic (exact) mass is 330 g/mol. The molecule has 2 fully saturated rings. The Kier molecular flexibility index (Phi) is 6.23. The first-order valence-electron chi connectivity index (χ1n) is 8.18. The molecule has 2 aromatic rings. The maximum absolute atomic E-state index is 9.30. The van der Waals surface area contributed by atoms with Gasteiger partial charge in [-0.25, -0.2) is 0 Å². The number of aromatic hydroxyl groups is 2. The first-order chi connectivity index (χ1) is 11.4. The van der Waals surface area contributed by atoms with Crippen LogP contribution in [0.15, 0.2) is 48.5 Å². The molecule has 1 unspecified atom stereocenters. The van der Waals surface area contributed by atoms with Crippen LogP contribution in [0.5, 0.6) is 11.5 Å². The van der Waals surface area contributed by atoms with Crippen LogP contribution in [0.2, 0.25) is 0 Å². The normalized spacial score (nSPS) is 17.7. The molecule has 24 heavy (non-hydrogen) atoms. The number of benzene rings is 2. The minimum Gasteiger partial charge on any atom is -0.508 e. The minimum atomic E-state index is -0.151. The van der Waals surface area contributed by atoms with E-state index in [4.69, 9.17) is 4.74 Å². The summed E-state index contributed by atoms with van der Waals surface area (Å²) in [6, 6.07) is 14.4. The fraction of sp³-hybridized carbons (Fsp3) is 0.400. The Morgan fingerprint density at radius 3 is 1.33 bits per heavy atom. The van der Waals surface area contributed by atoms with Crippen molar-refractivity contribution in [3.8, 4) is 11.5 Å². The zero-order chi connectivity index (χ0) is 17.6. The Balaban J connectivity index is 0.000000243. The van der Waals surface area contributed by atoms with E-state index >= 15 is 0 Å². The summed E-state index contributed by atoms with van der Waals surface area (Å²) < 4.78 is 9.21. The first kappa shape index (κ1) is 18.3. The highest BCUT2D eigenvalue weighted by molar-refractivity contribution is 5.41. The van der Waals surface area contributed by atoms with Crippen LogP contribution in [0.1, 0.15) is 31.9 Å². The van der Waals surface area contributed by atoms with Gasteiger partial charge in [-0.2, -0.15) is 0 Å². The van der Waals surface area contributed by atoms with Gasteiger partial charge >= 0.3 is 0 Å². The van der Waals surface area contributed by atoms with Gasteiger partial charge in [-0.3, -0.25) is 0 Å². The van der Waals surface area contributed by atoms with Gasteiger partial charge in [0.05, 0.1) is 25.9 Å². The molecule has 4 nitrogen and oxygen atoms in total. The molecule has 2 aromatic carbocycles. The second kappa shape index (κ2) is 8.18. The van der Waals surface area contributed by atoms with E-state index in [9.17, 15) is 10.2 Å². The van der Waals surface area contributed by atoms with Crippen molar-refractivity contribution in [1.29, 1.82) is 0 Å². The topological polar surface area (TPSA) is 65.5 Å². The molecule has 2 heterocycles. The number of ether oxygens (including phenoxy) is 2. The van der Waals surface area contributed by atoms with E-state index in [0.717, 1.165) is 30.9 Å². The van der Waals surface area contributed by atoms with Crippen molar-refractivity contribution < 1.29 is 19.7 Å². The number of rotatable bonds is 2. The fourth-order valence-corrected chi connectivity index (χ4v) is 2.02. The predicted octanol–water partition coefficient (Wildman–Crippen LogP) is 3.85. The Hall–Kier alpha value is -2.04. The highest BCUT2D eigenvalue weighted by atomic mass is 16.6. The number of hydrogen-bond acceptors (Lipinski definition) is 4. The van der Waals surface area contributed by atoms with Crippen LogP contribution in [0.25, 0.3) is 0 Å². The maximum Gasteiger partial charge on any atom is 0.115 e. The summed E-state index contributed by atoms with van der Waals surface area (Å²) in [7, 11) is 0. The van der Waals surface area contributed by atoms with Gasteiger partial charge in [0.1, 0.15) is 11.5 Å². The average molecular weight is 330 g/mol. The molecule has 0 bridgehead atoms. The van der Waals surface area contributed by atoms with Crippen molar-refractivity contribution in [2.24, 2.45) is 0 Å². The molecular formula is C20H26O4. The summed E-state index contributed by atoms with van der Waals surface area (Å²) in [6.45, 7) is 9.28. The lowest BCUT2D eigenvalue weighted by atomic mass is 9.78.